The van der Waals surface area contributed by atoms with Crippen molar-refractivity contribution in [1.29, 1.82) is 0 Å². The van der Waals surface area contributed by atoms with Crippen LogP contribution in [0.15, 0.2) is 0 Å². The maximum absolute atomic E-state index is 9.26. The molecule has 1 heterocycles. The normalized spacial score (nSPS) is 31.7. The lowest BCUT2D eigenvalue weighted by Gasteiger charge is -2.13. The van der Waals surface area contributed by atoms with Gasteiger partial charge in [0.25, 0.3) is 0 Å². The van der Waals surface area contributed by atoms with Gasteiger partial charge < -0.3 is 9.84 Å². The molecule has 0 aliphatic carbocycles. The number of hydrogen-bond acceptors (Lipinski definition) is 2. The van der Waals surface area contributed by atoms with E-state index in [9.17, 15) is 5.11 Å². The Morgan fingerprint density at radius 3 is 2.67 bits per heavy atom. The molecule has 1 aliphatic heterocycles. The Morgan fingerprint density at radius 2 is 2.33 bits per heavy atom. The summed E-state index contributed by atoms with van der Waals surface area (Å²) in [7, 11) is 0. The van der Waals surface area contributed by atoms with E-state index in [1.54, 1.807) is 0 Å². The molecule has 0 aromatic rings. The summed E-state index contributed by atoms with van der Waals surface area (Å²) in [4.78, 5) is 0. The van der Waals surface area contributed by atoms with E-state index in [0.717, 1.165) is 13.0 Å². The number of aliphatic hydroxyl groups excluding tert-OH is 1. The fourth-order valence-electron chi connectivity index (χ4n) is 0.979. The van der Waals surface area contributed by atoms with Crippen LogP contribution in [0.3, 0.4) is 0 Å². The molecule has 0 radical (unpaired) electrons. The van der Waals surface area contributed by atoms with Crippen LogP contribution >= 0.6 is 0 Å². The molecule has 1 aliphatic rings. The van der Waals surface area contributed by atoms with Gasteiger partial charge in [-0.1, -0.05) is 13.8 Å². The Hall–Kier alpha value is -0.0800. The van der Waals surface area contributed by atoms with Crippen molar-refractivity contribution in [2.75, 3.05) is 6.61 Å². The minimum atomic E-state index is -0.169. The van der Waals surface area contributed by atoms with E-state index in [1.807, 2.05) is 13.8 Å². The minimum absolute atomic E-state index is 0.169. The highest BCUT2D eigenvalue weighted by Crippen LogP contribution is 2.23. The van der Waals surface area contributed by atoms with Gasteiger partial charge in [0.05, 0.1) is 18.8 Å². The summed E-state index contributed by atoms with van der Waals surface area (Å²) in [6, 6.07) is 0. The maximum Gasteiger partial charge on any atom is 0.0860 e. The Morgan fingerprint density at radius 1 is 1.78 bits per heavy atom. The van der Waals surface area contributed by atoms with E-state index in [0.29, 0.717) is 12.0 Å². The third-order valence-electron chi connectivity index (χ3n) is 1.97. The monoisotopic (exact) mass is 130 g/mol. The summed E-state index contributed by atoms with van der Waals surface area (Å²) in [5.74, 6) is 0.329. The fraction of sp³-hybridized carbons (Fsp3) is 1.00. The summed E-state index contributed by atoms with van der Waals surface area (Å²) in [5, 5.41) is 9.26. The first-order valence-electron chi connectivity index (χ1n) is 3.55. The van der Waals surface area contributed by atoms with Crippen molar-refractivity contribution >= 4 is 0 Å². The van der Waals surface area contributed by atoms with Crippen LogP contribution in [0.2, 0.25) is 0 Å². The van der Waals surface area contributed by atoms with Crippen molar-refractivity contribution < 1.29 is 9.84 Å². The van der Waals surface area contributed by atoms with E-state index < -0.39 is 0 Å². The van der Waals surface area contributed by atoms with Gasteiger partial charge in [0.15, 0.2) is 0 Å². The Bertz CT molecular complexity index is 88.9. The lowest BCUT2D eigenvalue weighted by Crippen LogP contribution is -2.21. The second-order valence-electron chi connectivity index (χ2n) is 2.71. The van der Waals surface area contributed by atoms with E-state index >= 15 is 0 Å². The topological polar surface area (TPSA) is 32.8 Å². The Kier molecular flexibility index (Phi) is 2.09. The summed E-state index contributed by atoms with van der Waals surface area (Å²) >= 11 is 0. The Labute approximate surface area is 55.8 Å². The molecule has 0 amide bonds. The van der Waals surface area contributed by atoms with Gasteiger partial charge in [0, 0.05) is 5.92 Å². The molecule has 0 aromatic heterocycles. The second kappa shape index (κ2) is 2.67. The van der Waals surface area contributed by atoms with Crippen molar-refractivity contribution in [1.82, 2.24) is 0 Å². The van der Waals surface area contributed by atoms with Gasteiger partial charge in [-0.2, -0.15) is 0 Å². The first-order valence-corrected chi connectivity index (χ1v) is 3.55. The van der Waals surface area contributed by atoms with Gasteiger partial charge in [-0.15, -0.1) is 0 Å². The predicted octanol–water partition coefficient (Wildman–Crippen LogP) is 0.792. The van der Waals surface area contributed by atoms with Gasteiger partial charge in [-0.25, -0.2) is 0 Å². The van der Waals surface area contributed by atoms with Crippen molar-refractivity contribution in [2.45, 2.75) is 32.5 Å². The fourth-order valence-corrected chi connectivity index (χ4v) is 0.979. The molecule has 3 atom stereocenters. The summed E-state index contributed by atoms with van der Waals surface area (Å²) < 4.78 is 5.03. The molecule has 1 N–H and O–H groups in total. The summed E-state index contributed by atoms with van der Waals surface area (Å²) in [6.45, 7) is 4.87. The SMILES string of the molecule is CCC(O)C(C)C1CO1. The number of aliphatic hydroxyl groups is 1. The largest absolute Gasteiger partial charge is 0.393 e. The number of rotatable bonds is 3. The number of hydrogen-bond donors (Lipinski definition) is 1. The molecule has 0 aromatic carbocycles. The lowest BCUT2D eigenvalue weighted by atomic mass is 10.00. The van der Waals surface area contributed by atoms with Crippen molar-refractivity contribution in [3.8, 4) is 0 Å². The molecule has 1 fully saturated rings. The van der Waals surface area contributed by atoms with Crippen LogP contribution in [0.5, 0.6) is 0 Å². The molecule has 3 unspecified atom stereocenters. The average Bonchev–Trinajstić information content (AvgIpc) is 2.66. The van der Waals surface area contributed by atoms with Crippen LogP contribution in [0.4, 0.5) is 0 Å². The smallest absolute Gasteiger partial charge is 0.0860 e. The third-order valence-corrected chi connectivity index (χ3v) is 1.97. The van der Waals surface area contributed by atoms with Gasteiger partial charge >= 0.3 is 0 Å². The van der Waals surface area contributed by atoms with Gasteiger partial charge in [-0.3, -0.25) is 0 Å². The van der Waals surface area contributed by atoms with E-state index in [2.05, 4.69) is 0 Å². The average molecular weight is 130 g/mol. The summed E-state index contributed by atoms with van der Waals surface area (Å²) in [6.07, 6.45) is 1.01. The van der Waals surface area contributed by atoms with E-state index in [1.165, 1.54) is 0 Å². The highest BCUT2D eigenvalue weighted by molar-refractivity contribution is 4.80. The maximum atomic E-state index is 9.26. The minimum Gasteiger partial charge on any atom is -0.393 e. The van der Waals surface area contributed by atoms with Crippen molar-refractivity contribution in [3.63, 3.8) is 0 Å². The van der Waals surface area contributed by atoms with Gasteiger partial charge in [-0.05, 0) is 6.42 Å². The summed E-state index contributed by atoms with van der Waals surface area (Å²) in [5.41, 5.74) is 0. The third kappa shape index (κ3) is 1.66. The van der Waals surface area contributed by atoms with Crippen molar-refractivity contribution in [2.24, 2.45) is 5.92 Å². The number of epoxide rings is 1. The first kappa shape index (κ1) is 7.03. The molecular weight excluding hydrogens is 116 g/mol. The van der Waals surface area contributed by atoms with Crippen LogP contribution in [0.1, 0.15) is 20.3 Å². The van der Waals surface area contributed by atoms with Gasteiger partial charge in [0.1, 0.15) is 0 Å². The quantitative estimate of drug-likeness (QED) is 0.573. The molecule has 2 nitrogen and oxygen atoms in total. The van der Waals surface area contributed by atoms with E-state index in [-0.39, 0.29) is 6.10 Å². The predicted molar refractivity (Wildman–Crippen MR) is 35.2 cm³/mol. The lowest BCUT2D eigenvalue weighted by molar-refractivity contribution is 0.0953. The van der Waals surface area contributed by atoms with Crippen LogP contribution < -0.4 is 0 Å². The Balaban J connectivity index is 2.22. The van der Waals surface area contributed by atoms with Crippen molar-refractivity contribution in [3.05, 3.63) is 0 Å². The molecule has 9 heavy (non-hydrogen) atoms. The molecular formula is C7H14O2. The zero-order valence-corrected chi connectivity index (χ0v) is 6.00. The molecule has 1 rings (SSSR count). The van der Waals surface area contributed by atoms with Crippen LogP contribution in [0.25, 0.3) is 0 Å². The van der Waals surface area contributed by atoms with Crippen LogP contribution in [-0.4, -0.2) is 23.9 Å². The second-order valence-corrected chi connectivity index (χ2v) is 2.71. The van der Waals surface area contributed by atoms with E-state index in [4.69, 9.17) is 4.74 Å². The molecule has 0 spiro atoms. The van der Waals surface area contributed by atoms with Gasteiger partial charge in [0.2, 0.25) is 0 Å². The standard InChI is InChI=1S/C7H14O2/c1-3-6(8)5(2)7-4-9-7/h5-8H,3-4H2,1-2H3. The van der Waals surface area contributed by atoms with Crippen LogP contribution in [0, 0.1) is 5.92 Å². The first-order chi connectivity index (χ1) is 4.25. The van der Waals surface area contributed by atoms with Crippen LogP contribution in [-0.2, 0) is 4.74 Å². The zero-order valence-electron chi connectivity index (χ0n) is 6.00. The molecule has 0 bridgehead atoms. The molecule has 2 heteroatoms. The highest BCUT2D eigenvalue weighted by Gasteiger charge is 2.32. The molecule has 1 saturated heterocycles. The zero-order chi connectivity index (χ0) is 6.85. The highest BCUT2D eigenvalue weighted by atomic mass is 16.6. The molecule has 54 valence electrons. The molecule has 0 saturated carbocycles. The number of ether oxygens (including phenoxy) is 1.